The summed E-state index contributed by atoms with van der Waals surface area (Å²) in [6.07, 6.45) is -0.136. The first kappa shape index (κ1) is 23.2. The van der Waals surface area contributed by atoms with E-state index in [0.29, 0.717) is 22.9 Å². The highest BCUT2D eigenvalue weighted by atomic mass is 19.1. The summed E-state index contributed by atoms with van der Waals surface area (Å²) in [7, 11) is 0. The van der Waals surface area contributed by atoms with Crippen molar-refractivity contribution in [3.63, 3.8) is 0 Å². The minimum absolute atomic E-state index is 0.0652. The van der Waals surface area contributed by atoms with Crippen LogP contribution in [0.5, 0.6) is 0 Å². The minimum atomic E-state index is -0.371. The van der Waals surface area contributed by atoms with Gasteiger partial charge in [-0.3, -0.25) is 14.4 Å². The number of halogens is 1. The van der Waals surface area contributed by atoms with E-state index in [-0.39, 0.29) is 48.3 Å². The first-order valence-corrected chi connectivity index (χ1v) is 11.0. The Labute approximate surface area is 196 Å². The maximum absolute atomic E-state index is 13.4. The van der Waals surface area contributed by atoms with Gasteiger partial charge in [0.2, 0.25) is 17.7 Å². The number of nitrogens with one attached hydrogen (secondary N) is 2. The molecule has 1 aromatic heterocycles. The fraction of sp³-hybridized carbons (Fsp3) is 0.280. The number of para-hydroxylation sites is 2. The maximum atomic E-state index is 13.4. The molecule has 2 N–H and O–H groups in total. The first-order chi connectivity index (χ1) is 16.1. The molecule has 0 saturated carbocycles. The molecule has 34 heavy (non-hydrogen) atoms. The number of anilines is 3. The standard InChI is InChI=1S/C25H26FN5O3/c1-25(2,3)20-14-21(31(29-20)17-10-8-16(26)9-11-17)28-22(32)12-13-24(34)30-15-23(33)27-18-6-4-5-7-19(18)30/h4-11,14H,12-13,15H2,1-3H3,(H,27,33)(H,28,32). The van der Waals surface area contributed by atoms with Gasteiger partial charge in [-0.05, 0) is 36.4 Å². The lowest BCUT2D eigenvalue weighted by molar-refractivity contribution is -0.124. The highest BCUT2D eigenvalue weighted by Gasteiger charge is 2.27. The third-order valence-corrected chi connectivity index (χ3v) is 5.45. The Morgan fingerprint density at radius 1 is 1.09 bits per heavy atom. The van der Waals surface area contributed by atoms with Crippen molar-refractivity contribution >= 4 is 34.9 Å². The number of hydrogen-bond acceptors (Lipinski definition) is 4. The lowest BCUT2D eigenvalue weighted by Crippen LogP contribution is -2.42. The average Bonchev–Trinajstić information content (AvgIpc) is 3.21. The van der Waals surface area contributed by atoms with Gasteiger partial charge in [0, 0.05) is 24.3 Å². The van der Waals surface area contributed by atoms with Crippen molar-refractivity contribution in [3.8, 4) is 5.69 Å². The molecule has 4 rings (SSSR count). The molecule has 0 atom stereocenters. The lowest BCUT2D eigenvalue weighted by Gasteiger charge is -2.29. The second-order valence-corrected chi connectivity index (χ2v) is 9.15. The maximum Gasteiger partial charge on any atom is 0.244 e. The van der Waals surface area contributed by atoms with Crippen LogP contribution >= 0.6 is 0 Å². The molecular weight excluding hydrogens is 437 g/mol. The number of carbonyl (C=O) groups excluding carboxylic acids is 3. The van der Waals surface area contributed by atoms with E-state index in [0.717, 1.165) is 5.69 Å². The van der Waals surface area contributed by atoms with Gasteiger partial charge in [0.05, 0.1) is 22.8 Å². The number of hydrogen-bond donors (Lipinski definition) is 2. The van der Waals surface area contributed by atoms with E-state index in [4.69, 9.17) is 0 Å². The van der Waals surface area contributed by atoms with Gasteiger partial charge in [0.15, 0.2) is 0 Å². The Bertz CT molecular complexity index is 1240. The van der Waals surface area contributed by atoms with Crippen LogP contribution in [0.25, 0.3) is 5.69 Å². The largest absolute Gasteiger partial charge is 0.323 e. The van der Waals surface area contributed by atoms with Gasteiger partial charge in [-0.2, -0.15) is 5.10 Å². The molecule has 2 heterocycles. The van der Waals surface area contributed by atoms with Gasteiger partial charge < -0.3 is 15.5 Å². The fourth-order valence-electron chi connectivity index (χ4n) is 3.63. The highest BCUT2D eigenvalue weighted by molar-refractivity contribution is 6.10. The van der Waals surface area contributed by atoms with Crippen molar-refractivity contribution < 1.29 is 18.8 Å². The molecule has 8 nitrogen and oxygen atoms in total. The Morgan fingerprint density at radius 3 is 2.50 bits per heavy atom. The molecule has 176 valence electrons. The average molecular weight is 464 g/mol. The summed E-state index contributed by atoms with van der Waals surface area (Å²) in [5.74, 6) is -0.915. The predicted molar refractivity (Wildman–Crippen MR) is 128 cm³/mol. The van der Waals surface area contributed by atoms with Gasteiger partial charge in [-0.15, -0.1) is 0 Å². The van der Waals surface area contributed by atoms with Gasteiger partial charge in [-0.25, -0.2) is 9.07 Å². The lowest BCUT2D eigenvalue weighted by atomic mass is 9.92. The van der Waals surface area contributed by atoms with Crippen molar-refractivity contribution in [1.29, 1.82) is 0 Å². The zero-order valence-electron chi connectivity index (χ0n) is 19.3. The second-order valence-electron chi connectivity index (χ2n) is 9.15. The van der Waals surface area contributed by atoms with Crippen molar-refractivity contribution in [1.82, 2.24) is 9.78 Å². The van der Waals surface area contributed by atoms with E-state index in [2.05, 4.69) is 15.7 Å². The third-order valence-electron chi connectivity index (χ3n) is 5.45. The van der Waals surface area contributed by atoms with Crippen LogP contribution in [0, 0.1) is 5.82 Å². The number of nitrogens with zero attached hydrogens (tertiary/aromatic N) is 3. The van der Waals surface area contributed by atoms with Crippen LogP contribution in [-0.4, -0.2) is 34.0 Å². The molecular formula is C25H26FN5O3. The van der Waals surface area contributed by atoms with Crippen molar-refractivity contribution in [2.45, 2.75) is 39.0 Å². The summed E-state index contributed by atoms with van der Waals surface area (Å²) < 4.78 is 14.9. The fourth-order valence-corrected chi connectivity index (χ4v) is 3.63. The number of benzene rings is 2. The Kier molecular flexibility index (Phi) is 6.19. The molecule has 3 amide bonds. The van der Waals surface area contributed by atoms with Crippen LogP contribution in [0.4, 0.5) is 21.6 Å². The van der Waals surface area contributed by atoms with Gasteiger partial charge >= 0.3 is 0 Å². The summed E-state index contributed by atoms with van der Waals surface area (Å²) in [6, 6.07) is 14.6. The molecule has 9 heteroatoms. The molecule has 1 aliphatic heterocycles. The topological polar surface area (TPSA) is 96.3 Å². The molecule has 0 bridgehead atoms. The van der Waals surface area contributed by atoms with E-state index in [1.165, 1.54) is 17.0 Å². The number of amides is 3. The van der Waals surface area contributed by atoms with E-state index in [1.54, 1.807) is 47.1 Å². The number of fused-ring (bicyclic) bond motifs is 1. The van der Waals surface area contributed by atoms with Crippen molar-refractivity contribution in [2.24, 2.45) is 0 Å². The van der Waals surface area contributed by atoms with E-state index in [1.807, 2.05) is 20.8 Å². The summed E-state index contributed by atoms with van der Waals surface area (Å²) in [6.45, 7) is 5.91. The highest BCUT2D eigenvalue weighted by Crippen LogP contribution is 2.30. The molecule has 2 aromatic carbocycles. The number of carbonyl (C=O) groups is 3. The molecule has 3 aromatic rings. The van der Waals surface area contributed by atoms with Gasteiger partial charge in [0.25, 0.3) is 0 Å². The van der Waals surface area contributed by atoms with Crippen LogP contribution in [0.1, 0.15) is 39.3 Å². The zero-order chi connectivity index (χ0) is 24.5. The second kappa shape index (κ2) is 9.09. The van der Waals surface area contributed by atoms with Crippen LogP contribution in [-0.2, 0) is 19.8 Å². The molecule has 0 spiro atoms. The predicted octanol–water partition coefficient (Wildman–Crippen LogP) is 4.01. The monoisotopic (exact) mass is 463 g/mol. The quantitative estimate of drug-likeness (QED) is 0.598. The van der Waals surface area contributed by atoms with Gasteiger partial charge in [-0.1, -0.05) is 32.9 Å². The third kappa shape index (κ3) is 4.98. The summed E-state index contributed by atoms with van der Waals surface area (Å²) in [5.41, 5.74) is 2.24. The van der Waals surface area contributed by atoms with Crippen LogP contribution in [0.2, 0.25) is 0 Å². The van der Waals surface area contributed by atoms with Crippen LogP contribution in [0.15, 0.2) is 54.6 Å². The van der Waals surface area contributed by atoms with E-state index in [9.17, 15) is 18.8 Å². The molecule has 1 aliphatic rings. The zero-order valence-corrected chi connectivity index (χ0v) is 19.3. The van der Waals surface area contributed by atoms with Gasteiger partial charge in [0.1, 0.15) is 18.2 Å². The summed E-state index contributed by atoms with van der Waals surface area (Å²) >= 11 is 0. The van der Waals surface area contributed by atoms with Crippen molar-refractivity contribution in [2.75, 3.05) is 22.1 Å². The van der Waals surface area contributed by atoms with Crippen molar-refractivity contribution in [3.05, 3.63) is 66.1 Å². The summed E-state index contributed by atoms with van der Waals surface area (Å²) in [5, 5.41) is 10.2. The van der Waals surface area contributed by atoms with E-state index >= 15 is 0 Å². The SMILES string of the molecule is CC(C)(C)c1cc(NC(=O)CCC(=O)N2CC(=O)Nc3ccccc32)n(-c2ccc(F)cc2)n1. The molecule has 0 aliphatic carbocycles. The molecule has 0 radical (unpaired) electrons. The smallest absolute Gasteiger partial charge is 0.244 e. The normalized spacial score (nSPS) is 13.3. The molecule has 0 saturated heterocycles. The Morgan fingerprint density at radius 2 is 1.79 bits per heavy atom. The first-order valence-electron chi connectivity index (χ1n) is 11.0. The number of rotatable bonds is 5. The summed E-state index contributed by atoms with van der Waals surface area (Å²) in [4.78, 5) is 38.9. The molecule has 0 fully saturated rings. The van der Waals surface area contributed by atoms with E-state index < -0.39 is 0 Å². The molecule has 0 unspecified atom stereocenters. The Balaban J connectivity index is 1.48. The minimum Gasteiger partial charge on any atom is -0.323 e. The van der Waals surface area contributed by atoms with Crippen LogP contribution < -0.4 is 15.5 Å². The Hall–Kier alpha value is -4.01. The van der Waals surface area contributed by atoms with Crippen LogP contribution in [0.3, 0.4) is 0 Å². The number of aromatic nitrogens is 2.